The molecule has 0 heterocycles. The smallest absolute Gasteiger partial charge is 0.220 e. The van der Waals surface area contributed by atoms with Gasteiger partial charge in [-0.2, -0.15) is 0 Å². The van der Waals surface area contributed by atoms with Crippen LogP contribution in [0, 0.1) is 0 Å². The molecule has 0 fully saturated rings. The van der Waals surface area contributed by atoms with Crippen LogP contribution in [0.1, 0.15) is 46.8 Å². The molecule has 0 radical (unpaired) electrons. The maximum atomic E-state index is 12.5. The van der Waals surface area contributed by atoms with Gasteiger partial charge in [-0.05, 0) is 24.0 Å². The lowest BCUT2D eigenvalue weighted by atomic mass is 9.98. The summed E-state index contributed by atoms with van der Waals surface area (Å²) in [5.74, 6) is 0.0583. The molecule has 1 N–H and O–H groups in total. The molecule has 3 heteroatoms. The standard InChI is InChI=1S/C25H25NO2/c27-24(22-15-8-3-9-16-22)17-10-18-25(28)26-23(21-13-6-2-7-14-21)19-20-11-4-1-5-12-20/h1-9,11-16,23H,10,17-19H2,(H,26,28)/t23-/m0/s1. The summed E-state index contributed by atoms with van der Waals surface area (Å²) in [6.45, 7) is 0. The molecule has 1 amide bonds. The van der Waals surface area contributed by atoms with E-state index in [-0.39, 0.29) is 17.7 Å². The molecule has 0 saturated heterocycles. The number of carbonyl (C=O) groups is 2. The molecular formula is C25H25NO2. The van der Waals surface area contributed by atoms with Gasteiger partial charge in [0.05, 0.1) is 6.04 Å². The highest BCUT2D eigenvalue weighted by molar-refractivity contribution is 5.96. The predicted molar refractivity (Wildman–Crippen MR) is 112 cm³/mol. The Morgan fingerprint density at radius 2 is 1.29 bits per heavy atom. The van der Waals surface area contributed by atoms with Gasteiger partial charge in [-0.15, -0.1) is 0 Å². The third-order valence-corrected chi connectivity index (χ3v) is 4.72. The third kappa shape index (κ3) is 5.92. The Hall–Kier alpha value is -3.20. The molecule has 0 spiro atoms. The predicted octanol–water partition coefficient (Wildman–Crippen LogP) is 5.14. The lowest BCUT2D eigenvalue weighted by Crippen LogP contribution is -2.29. The molecule has 3 aromatic rings. The second-order valence-electron chi connectivity index (χ2n) is 6.86. The molecule has 0 unspecified atom stereocenters. The van der Waals surface area contributed by atoms with Gasteiger partial charge in [0.2, 0.25) is 5.91 Å². The van der Waals surface area contributed by atoms with E-state index in [1.807, 2.05) is 78.9 Å². The number of carbonyl (C=O) groups excluding carboxylic acids is 2. The molecule has 0 aromatic heterocycles. The quantitative estimate of drug-likeness (QED) is 0.529. The van der Waals surface area contributed by atoms with E-state index >= 15 is 0 Å². The van der Waals surface area contributed by atoms with Gasteiger partial charge in [-0.25, -0.2) is 0 Å². The Labute approximate surface area is 166 Å². The number of amides is 1. The molecule has 3 aromatic carbocycles. The van der Waals surface area contributed by atoms with Crippen LogP contribution in [-0.4, -0.2) is 11.7 Å². The van der Waals surface area contributed by atoms with Crippen LogP contribution in [0.4, 0.5) is 0 Å². The van der Waals surface area contributed by atoms with Crippen LogP contribution in [0.3, 0.4) is 0 Å². The molecule has 1 atom stereocenters. The summed E-state index contributed by atoms with van der Waals surface area (Å²) in [4.78, 5) is 24.7. The molecule has 142 valence electrons. The Balaban J connectivity index is 1.56. The maximum Gasteiger partial charge on any atom is 0.220 e. The van der Waals surface area contributed by atoms with Crippen LogP contribution < -0.4 is 5.32 Å². The van der Waals surface area contributed by atoms with Gasteiger partial charge < -0.3 is 5.32 Å². The van der Waals surface area contributed by atoms with Crippen molar-refractivity contribution in [2.45, 2.75) is 31.7 Å². The lowest BCUT2D eigenvalue weighted by molar-refractivity contribution is -0.121. The highest BCUT2D eigenvalue weighted by Crippen LogP contribution is 2.19. The van der Waals surface area contributed by atoms with Crippen LogP contribution in [0.2, 0.25) is 0 Å². The molecule has 0 aliphatic heterocycles. The molecule has 0 aliphatic carbocycles. The fourth-order valence-electron chi connectivity index (χ4n) is 3.23. The molecule has 3 rings (SSSR count). The van der Waals surface area contributed by atoms with E-state index < -0.39 is 0 Å². The molecule has 0 bridgehead atoms. The van der Waals surface area contributed by atoms with E-state index in [9.17, 15) is 9.59 Å². The zero-order valence-corrected chi connectivity index (χ0v) is 15.9. The summed E-state index contributed by atoms with van der Waals surface area (Å²) in [7, 11) is 0. The minimum absolute atomic E-state index is 0.0226. The fraction of sp³-hybridized carbons (Fsp3) is 0.200. The largest absolute Gasteiger partial charge is 0.349 e. The second kappa shape index (κ2) is 10.2. The zero-order valence-electron chi connectivity index (χ0n) is 15.9. The fourth-order valence-corrected chi connectivity index (χ4v) is 3.23. The summed E-state index contributed by atoms with van der Waals surface area (Å²) >= 11 is 0. The van der Waals surface area contributed by atoms with Crippen molar-refractivity contribution < 1.29 is 9.59 Å². The van der Waals surface area contributed by atoms with Gasteiger partial charge in [0, 0.05) is 18.4 Å². The SMILES string of the molecule is O=C(CCCC(=O)c1ccccc1)N[C@@H](Cc1ccccc1)c1ccccc1. The van der Waals surface area contributed by atoms with E-state index in [4.69, 9.17) is 0 Å². The van der Waals surface area contributed by atoms with Crippen molar-refractivity contribution in [1.82, 2.24) is 5.32 Å². The second-order valence-corrected chi connectivity index (χ2v) is 6.86. The topological polar surface area (TPSA) is 46.2 Å². The van der Waals surface area contributed by atoms with E-state index in [0.29, 0.717) is 24.8 Å². The van der Waals surface area contributed by atoms with Gasteiger partial charge in [-0.1, -0.05) is 91.0 Å². The van der Waals surface area contributed by atoms with Crippen molar-refractivity contribution in [2.75, 3.05) is 0 Å². The number of ketones is 1. The molecule has 3 nitrogen and oxygen atoms in total. The summed E-state index contributed by atoms with van der Waals surface area (Å²) in [6, 6.07) is 29.3. The number of rotatable bonds is 9. The summed E-state index contributed by atoms with van der Waals surface area (Å²) < 4.78 is 0. The van der Waals surface area contributed by atoms with Gasteiger partial charge in [-0.3, -0.25) is 9.59 Å². The lowest BCUT2D eigenvalue weighted by Gasteiger charge is -2.19. The van der Waals surface area contributed by atoms with Crippen LogP contribution in [-0.2, 0) is 11.2 Å². The first kappa shape index (κ1) is 19.6. The van der Waals surface area contributed by atoms with E-state index in [0.717, 1.165) is 12.0 Å². The van der Waals surface area contributed by atoms with Gasteiger partial charge in [0.25, 0.3) is 0 Å². The zero-order chi connectivity index (χ0) is 19.6. The first-order valence-electron chi connectivity index (χ1n) is 9.69. The Bertz CT molecular complexity index is 876. The highest BCUT2D eigenvalue weighted by Gasteiger charge is 2.15. The van der Waals surface area contributed by atoms with Crippen LogP contribution in [0.25, 0.3) is 0 Å². The monoisotopic (exact) mass is 371 g/mol. The van der Waals surface area contributed by atoms with Gasteiger partial charge in [0.15, 0.2) is 5.78 Å². The molecule has 0 aliphatic rings. The highest BCUT2D eigenvalue weighted by atomic mass is 16.1. The van der Waals surface area contributed by atoms with Crippen molar-refractivity contribution in [2.24, 2.45) is 0 Å². The van der Waals surface area contributed by atoms with Crippen molar-refractivity contribution in [1.29, 1.82) is 0 Å². The van der Waals surface area contributed by atoms with Crippen LogP contribution in [0.15, 0.2) is 91.0 Å². The number of Topliss-reactive ketones (excluding diaryl/α,β-unsaturated/α-hetero) is 1. The Kier molecular flexibility index (Phi) is 7.14. The Morgan fingerprint density at radius 1 is 0.714 bits per heavy atom. The number of hydrogen-bond donors (Lipinski definition) is 1. The van der Waals surface area contributed by atoms with Crippen LogP contribution in [0.5, 0.6) is 0 Å². The van der Waals surface area contributed by atoms with Gasteiger partial charge in [0.1, 0.15) is 0 Å². The normalized spacial score (nSPS) is 11.6. The summed E-state index contributed by atoms with van der Waals surface area (Å²) in [5.41, 5.74) is 2.96. The van der Waals surface area contributed by atoms with Crippen molar-refractivity contribution in [3.05, 3.63) is 108 Å². The number of benzene rings is 3. The minimum atomic E-state index is -0.0825. The van der Waals surface area contributed by atoms with Crippen molar-refractivity contribution >= 4 is 11.7 Å². The van der Waals surface area contributed by atoms with E-state index in [1.165, 1.54) is 5.56 Å². The average molecular weight is 371 g/mol. The van der Waals surface area contributed by atoms with Crippen molar-refractivity contribution in [3.63, 3.8) is 0 Å². The molecule has 28 heavy (non-hydrogen) atoms. The minimum Gasteiger partial charge on any atom is -0.349 e. The van der Waals surface area contributed by atoms with E-state index in [2.05, 4.69) is 17.4 Å². The van der Waals surface area contributed by atoms with Gasteiger partial charge >= 0.3 is 0 Å². The molecule has 0 saturated carbocycles. The number of nitrogens with one attached hydrogen (secondary N) is 1. The summed E-state index contributed by atoms with van der Waals surface area (Å²) in [5, 5.41) is 3.15. The van der Waals surface area contributed by atoms with Crippen LogP contribution >= 0.6 is 0 Å². The maximum absolute atomic E-state index is 12.5. The van der Waals surface area contributed by atoms with Crippen molar-refractivity contribution in [3.8, 4) is 0 Å². The first-order valence-corrected chi connectivity index (χ1v) is 9.69. The molecular weight excluding hydrogens is 346 g/mol. The summed E-state index contributed by atoms with van der Waals surface area (Å²) in [6.07, 6.45) is 2.01. The number of hydrogen-bond acceptors (Lipinski definition) is 2. The third-order valence-electron chi connectivity index (χ3n) is 4.72. The van der Waals surface area contributed by atoms with E-state index in [1.54, 1.807) is 0 Å². The average Bonchev–Trinajstić information content (AvgIpc) is 2.75. The first-order chi connectivity index (χ1) is 13.7. The Morgan fingerprint density at radius 3 is 1.93 bits per heavy atom.